The molecule has 2 amide bonds. The summed E-state index contributed by atoms with van der Waals surface area (Å²) in [5.41, 5.74) is 6.96. The predicted octanol–water partition coefficient (Wildman–Crippen LogP) is 3.03. The highest BCUT2D eigenvalue weighted by atomic mass is 19.2. The Morgan fingerprint density at radius 3 is 2.56 bits per heavy atom. The first-order valence-electron chi connectivity index (χ1n) is 11.3. The standard InChI is InChI=1S/C25H30F3N3O3/c1-17-25(33)30(10-11-34-16-18-6-3-2-4-7-18)8-5-9-31(17)24(32)14-20(29)12-19-13-22(27)23(28)15-21(19)26/h2-4,6-7,13,15,17,20H,5,8-12,14,16,29H2,1H3/t17-,20-/m1/s1. The van der Waals surface area contributed by atoms with Crippen LogP contribution in [0.15, 0.2) is 42.5 Å². The van der Waals surface area contributed by atoms with E-state index in [1.54, 1.807) is 11.8 Å². The molecule has 1 fully saturated rings. The molecule has 0 saturated carbocycles. The van der Waals surface area contributed by atoms with Crippen molar-refractivity contribution >= 4 is 11.8 Å². The molecule has 1 aliphatic heterocycles. The zero-order chi connectivity index (χ0) is 24.7. The summed E-state index contributed by atoms with van der Waals surface area (Å²) in [6.45, 7) is 3.83. The summed E-state index contributed by atoms with van der Waals surface area (Å²) < 4.78 is 46.1. The number of hydrogen-bond donors (Lipinski definition) is 1. The Balaban J connectivity index is 1.50. The molecule has 3 rings (SSSR count). The lowest BCUT2D eigenvalue weighted by molar-refractivity contribution is -0.143. The highest BCUT2D eigenvalue weighted by Crippen LogP contribution is 2.18. The van der Waals surface area contributed by atoms with Crippen LogP contribution < -0.4 is 5.73 Å². The summed E-state index contributed by atoms with van der Waals surface area (Å²) in [5.74, 6) is -3.87. The van der Waals surface area contributed by atoms with Crippen molar-refractivity contribution in [3.63, 3.8) is 0 Å². The van der Waals surface area contributed by atoms with Crippen LogP contribution in [-0.4, -0.2) is 59.9 Å². The topological polar surface area (TPSA) is 75.9 Å². The second kappa shape index (κ2) is 12.0. The monoisotopic (exact) mass is 477 g/mol. The maximum atomic E-state index is 13.9. The first-order chi connectivity index (χ1) is 16.3. The molecule has 0 unspecified atom stereocenters. The van der Waals surface area contributed by atoms with Gasteiger partial charge in [-0.1, -0.05) is 30.3 Å². The van der Waals surface area contributed by atoms with E-state index in [0.717, 1.165) is 11.6 Å². The fourth-order valence-corrected chi connectivity index (χ4v) is 4.05. The average Bonchev–Trinajstić information content (AvgIpc) is 2.94. The van der Waals surface area contributed by atoms with E-state index in [2.05, 4.69) is 0 Å². The Morgan fingerprint density at radius 1 is 1.12 bits per heavy atom. The minimum absolute atomic E-state index is 0.0964. The molecule has 1 heterocycles. The van der Waals surface area contributed by atoms with Crippen LogP contribution in [0.3, 0.4) is 0 Å². The van der Waals surface area contributed by atoms with Gasteiger partial charge in [-0.25, -0.2) is 13.2 Å². The molecule has 1 aliphatic rings. The SMILES string of the molecule is C[C@@H]1C(=O)N(CCOCc2ccccc2)CCCN1C(=O)C[C@H](N)Cc1cc(F)c(F)cc1F. The highest BCUT2D eigenvalue weighted by Gasteiger charge is 2.32. The van der Waals surface area contributed by atoms with Crippen LogP contribution >= 0.6 is 0 Å². The molecular formula is C25H30F3N3O3. The smallest absolute Gasteiger partial charge is 0.245 e. The number of carbonyl (C=O) groups is 2. The molecule has 2 aromatic carbocycles. The van der Waals surface area contributed by atoms with Crippen molar-refractivity contribution in [1.82, 2.24) is 9.80 Å². The molecule has 2 atom stereocenters. The molecule has 184 valence electrons. The highest BCUT2D eigenvalue weighted by molar-refractivity contribution is 5.88. The summed E-state index contributed by atoms with van der Waals surface area (Å²) in [5, 5.41) is 0. The van der Waals surface area contributed by atoms with E-state index in [0.29, 0.717) is 45.3 Å². The van der Waals surface area contributed by atoms with Crippen LogP contribution in [-0.2, 0) is 27.4 Å². The Bertz CT molecular complexity index is 990. The van der Waals surface area contributed by atoms with E-state index in [-0.39, 0.29) is 30.2 Å². The number of ether oxygens (including phenoxy) is 1. The van der Waals surface area contributed by atoms with Crippen molar-refractivity contribution in [2.45, 2.75) is 44.9 Å². The third-order valence-electron chi connectivity index (χ3n) is 5.91. The number of nitrogens with zero attached hydrogens (tertiary/aromatic N) is 2. The Kier molecular flexibility index (Phi) is 9.06. The van der Waals surface area contributed by atoms with Crippen LogP contribution in [0.25, 0.3) is 0 Å². The van der Waals surface area contributed by atoms with Gasteiger partial charge in [0, 0.05) is 38.2 Å². The summed E-state index contributed by atoms with van der Waals surface area (Å²) >= 11 is 0. The molecule has 0 aliphatic carbocycles. The first-order valence-corrected chi connectivity index (χ1v) is 11.3. The van der Waals surface area contributed by atoms with Crippen LogP contribution in [0.2, 0.25) is 0 Å². The molecule has 2 aromatic rings. The number of rotatable bonds is 9. The van der Waals surface area contributed by atoms with Gasteiger partial charge in [-0.15, -0.1) is 0 Å². The average molecular weight is 478 g/mol. The zero-order valence-corrected chi connectivity index (χ0v) is 19.2. The molecule has 0 radical (unpaired) electrons. The maximum absolute atomic E-state index is 13.9. The van der Waals surface area contributed by atoms with Gasteiger partial charge in [-0.3, -0.25) is 9.59 Å². The van der Waals surface area contributed by atoms with Gasteiger partial charge in [0.1, 0.15) is 11.9 Å². The van der Waals surface area contributed by atoms with Gasteiger partial charge >= 0.3 is 0 Å². The maximum Gasteiger partial charge on any atom is 0.245 e. The molecule has 1 saturated heterocycles. The Hall–Kier alpha value is -2.91. The Labute approximate surface area is 197 Å². The van der Waals surface area contributed by atoms with Crippen molar-refractivity contribution in [3.05, 3.63) is 71.0 Å². The van der Waals surface area contributed by atoms with E-state index in [1.807, 2.05) is 30.3 Å². The lowest BCUT2D eigenvalue weighted by atomic mass is 10.0. The quantitative estimate of drug-likeness (QED) is 0.445. The van der Waals surface area contributed by atoms with Gasteiger partial charge in [0.25, 0.3) is 0 Å². The fraction of sp³-hybridized carbons (Fsp3) is 0.440. The van der Waals surface area contributed by atoms with Gasteiger partial charge in [-0.05, 0) is 37.0 Å². The second-order valence-electron chi connectivity index (χ2n) is 8.51. The number of nitrogens with two attached hydrogens (primary N) is 1. The normalized spacial score (nSPS) is 17.6. The van der Waals surface area contributed by atoms with Crippen molar-refractivity contribution in [2.75, 3.05) is 26.2 Å². The van der Waals surface area contributed by atoms with Crippen molar-refractivity contribution in [2.24, 2.45) is 5.73 Å². The summed E-state index contributed by atoms with van der Waals surface area (Å²) in [6, 6.07) is 9.48. The third kappa shape index (κ3) is 6.80. The summed E-state index contributed by atoms with van der Waals surface area (Å²) in [4.78, 5) is 29.0. The lowest BCUT2D eigenvalue weighted by Crippen LogP contribution is -2.48. The molecule has 0 bridgehead atoms. The number of halogens is 3. The van der Waals surface area contributed by atoms with Crippen molar-refractivity contribution in [3.8, 4) is 0 Å². The van der Waals surface area contributed by atoms with Crippen molar-refractivity contribution in [1.29, 1.82) is 0 Å². The predicted molar refractivity (Wildman–Crippen MR) is 121 cm³/mol. The van der Waals surface area contributed by atoms with E-state index >= 15 is 0 Å². The lowest BCUT2D eigenvalue weighted by Gasteiger charge is -2.29. The van der Waals surface area contributed by atoms with Gasteiger partial charge in [-0.2, -0.15) is 0 Å². The van der Waals surface area contributed by atoms with Gasteiger partial charge in [0.15, 0.2) is 11.6 Å². The molecule has 2 N–H and O–H groups in total. The molecule has 0 spiro atoms. The Morgan fingerprint density at radius 2 is 1.82 bits per heavy atom. The number of hydrogen-bond acceptors (Lipinski definition) is 4. The van der Waals surface area contributed by atoms with E-state index in [4.69, 9.17) is 10.5 Å². The molecule has 0 aromatic heterocycles. The number of carbonyl (C=O) groups excluding carboxylic acids is 2. The molecule has 6 nitrogen and oxygen atoms in total. The molecular weight excluding hydrogens is 447 g/mol. The van der Waals surface area contributed by atoms with Crippen molar-refractivity contribution < 1.29 is 27.5 Å². The zero-order valence-electron chi connectivity index (χ0n) is 19.2. The largest absolute Gasteiger partial charge is 0.375 e. The van der Waals surface area contributed by atoms with Crippen LogP contribution in [0, 0.1) is 17.5 Å². The van der Waals surface area contributed by atoms with E-state index in [1.165, 1.54) is 4.90 Å². The first kappa shape index (κ1) is 25.7. The van der Waals surface area contributed by atoms with E-state index in [9.17, 15) is 22.8 Å². The molecule has 9 heteroatoms. The summed E-state index contributed by atoms with van der Waals surface area (Å²) in [7, 11) is 0. The molecule has 34 heavy (non-hydrogen) atoms. The van der Waals surface area contributed by atoms with Crippen LogP contribution in [0.4, 0.5) is 13.2 Å². The third-order valence-corrected chi connectivity index (χ3v) is 5.91. The second-order valence-corrected chi connectivity index (χ2v) is 8.51. The minimum atomic E-state index is -1.28. The van der Waals surface area contributed by atoms with Gasteiger partial charge in [0.05, 0.1) is 13.2 Å². The van der Waals surface area contributed by atoms with Crippen LogP contribution in [0.1, 0.15) is 30.9 Å². The van der Waals surface area contributed by atoms with Crippen LogP contribution in [0.5, 0.6) is 0 Å². The van der Waals surface area contributed by atoms with E-state index < -0.39 is 29.5 Å². The van der Waals surface area contributed by atoms with Gasteiger partial charge in [0.2, 0.25) is 11.8 Å². The van der Waals surface area contributed by atoms with Gasteiger partial charge < -0.3 is 20.3 Å². The summed E-state index contributed by atoms with van der Waals surface area (Å²) in [6.07, 6.45) is 0.333. The fourth-order valence-electron chi connectivity index (χ4n) is 4.05. The minimum Gasteiger partial charge on any atom is -0.375 e. The number of amides is 2. The number of benzene rings is 2.